The topological polar surface area (TPSA) is 0 Å². The van der Waals surface area contributed by atoms with Gasteiger partial charge in [-0.25, -0.2) is 0 Å². The van der Waals surface area contributed by atoms with Gasteiger partial charge in [-0.05, 0) is 78.9 Å². The van der Waals surface area contributed by atoms with Crippen LogP contribution in [0, 0.1) is 0 Å². The lowest BCUT2D eigenvalue weighted by Crippen LogP contribution is -1.97. The molecule has 0 aliphatic heterocycles. The molecule has 0 N–H and O–H groups in total. The van der Waals surface area contributed by atoms with Crippen LogP contribution in [0.4, 0.5) is 0 Å². The van der Waals surface area contributed by atoms with Crippen LogP contribution in [0.1, 0.15) is 0 Å². The van der Waals surface area contributed by atoms with E-state index in [0.717, 1.165) is 0 Å². The highest BCUT2D eigenvalue weighted by Crippen LogP contribution is 2.48. The number of thiophene rings is 1. The molecule has 200 valence electrons. The van der Waals surface area contributed by atoms with Crippen LogP contribution in [0.25, 0.3) is 86.9 Å². The predicted molar refractivity (Wildman–Crippen MR) is 186 cm³/mol. The van der Waals surface area contributed by atoms with Gasteiger partial charge in [-0.2, -0.15) is 0 Å². The van der Waals surface area contributed by atoms with Gasteiger partial charge in [0.25, 0.3) is 0 Å². The molecule has 0 amide bonds. The minimum absolute atomic E-state index is 1.23. The first-order valence-corrected chi connectivity index (χ1v) is 15.6. The van der Waals surface area contributed by atoms with Crippen molar-refractivity contribution in [1.29, 1.82) is 0 Å². The molecule has 1 heteroatoms. The largest absolute Gasteiger partial charge is 0.135 e. The standard InChI is InChI=1S/C42H26S/c1-2-11-32-31(10-1)33-12-3-4-14-35(33)37-25-24-29(26-40(37)36-15-6-5-13-34(32)36)27-20-22-28(23-21-27)30-17-9-18-39-38-16-7-8-19-41(38)43-42(30)39/h1-26H. The van der Waals surface area contributed by atoms with E-state index in [1.54, 1.807) is 0 Å². The van der Waals surface area contributed by atoms with Crippen LogP contribution in [0.2, 0.25) is 0 Å². The molecule has 9 rings (SSSR count). The molecule has 0 unspecified atom stereocenters. The van der Waals surface area contributed by atoms with Gasteiger partial charge in [0.05, 0.1) is 0 Å². The molecule has 1 heterocycles. The van der Waals surface area contributed by atoms with Crippen LogP contribution in [-0.4, -0.2) is 0 Å². The third kappa shape index (κ3) is 3.82. The van der Waals surface area contributed by atoms with Gasteiger partial charge in [-0.1, -0.05) is 146 Å². The van der Waals surface area contributed by atoms with Gasteiger partial charge < -0.3 is 0 Å². The minimum atomic E-state index is 1.23. The fourth-order valence-electron chi connectivity index (χ4n) is 6.86. The average Bonchev–Trinajstić information content (AvgIpc) is 3.47. The van der Waals surface area contributed by atoms with E-state index in [9.17, 15) is 0 Å². The molecular formula is C42H26S. The fraction of sp³-hybridized carbons (Fsp3) is 0. The van der Waals surface area contributed by atoms with Gasteiger partial charge in [0, 0.05) is 20.2 Å². The Morgan fingerprint density at radius 2 is 0.721 bits per heavy atom. The summed E-state index contributed by atoms with van der Waals surface area (Å²) < 4.78 is 2.69. The lowest BCUT2D eigenvalue weighted by molar-refractivity contribution is 1.51. The molecule has 0 nitrogen and oxygen atoms in total. The van der Waals surface area contributed by atoms with Crippen molar-refractivity contribution < 1.29 is 0 Å². The summed E-state index contributed by atoms with van der Waals surface area (Å²) in [4.78, 5) is 0. The fourth-order valence-corrected chi connectivity index (χ4v) is 8.10. The van der Waals surface area contributed by atoms with E-state index in [-0.39, 0.29) is 0 Å². The molecule has 43 heavy (non-hydrogen) atoms. The summed E-state index contributed by atoms with van der Waals surface area (Å²) in [7, 11) is 0. The van der Waals surface area contributed by atoms with E-state index in [0.29, 0.717) is 0 Å². The number of hydrogen-bond acceptors (Lipinski definition) is 1. The van der Waals surface area contributed by atoms with Crippen molar-refractivity contribution in [3.8, 4) is 66.8 Å². The summed E-state index contributed by atoms with van der Waals surface area (Å²) in [5, 5.41) is 2.68. The molecule has 1 aliphatic carbocycles. The van der Waals surface area contributed by atoms with Gasteiger partial charge in [0.15, 0.2) is 0 Å². The van der Waals surface area contributed by atoms with Crippen LogP contribution < -0.4 is 0 Å². The van der Waals surface area contributed by atoms with Crippen LogP contribution in [0.3, 0.4) is 0 Å². The lowest BCUT2D eigenvalue weighted by atomic mass is 9.80. The van der Waals surface area contributed by atoms with Crippen molar-refractivity contribution in [2.24, 2.45) is 0 Å². The Hall–Kier alpha value is -5.24. The second-order valence-electron chi connectivity index (χ2n) is 11.3. The smallest absolute Gasteiger partial charge is 0.0433 e. The molecule has 8 aromatic rings. The molecule has 0 spiro atoms. The predicted octanol–water partition coefficient (Wildman–Crippen LogP) is 12.4. The number of benzene rings is 7. The molecule has 0 radical (unpaired) electrons. The number of fused-ring (bicyclic) bond motifs is 11. The first kappa shape index (κ1) is 24.4. The zero-order valence-electron chi connectivity index (χ0n) is 23.4. The van der Waals surface area contributed by atoms with Crippen LogP contribution in [-0.2, 0) is 0 Å². The first-order valence-electron chi connectivity index (χ1n) is 14.8. The molecule has 1 aliphatic rings. The second kappa shape index (κ2) is 9.66. The maximum absolute atomic E-state index is 2.39. The van der Waals surface area contributed by atoms with E-state index in [1.165, 1.54) is 86.9 Å². The van der Waals surface area contributed by atoms with Crippen molar-refractivity contribution in [2.75, 3.05) is 0 Å². The van der Waals surface area contributed by atoms with Crippen molar-refractivity contribution >= 4 is 31.5 Å². The summed E-state index contributed by atoms with van der Waals surface area (Å²) in [6, 6.07) is 58.0. The van der Waals surface area contributed by atoms with Crippen molar-refractivity contribution in [3.63, 3.8) is 0 Å². The van der Waals surface area contributed by atoms with Gasteiger partial charge >= 0.3 is 0 Å². The third-order valence-electron chi connectivity index (χ3n) is 8.89. The first-order chi connectivity index (χ1) is 21.3. The molecule has 7 aromatic carbocycles. The van der Waals surface area contributed by atoms with Gasteiger partial charge in [-0.3, -0.25) is 0 Å². The van der Waals surface area contributed by atoms with Crippen LogP contribution in [0.5, 0.6) is 0 Å². The highest BCUT2D eigenvalue weighted by molar-refractivity contribution is 7.26. The van der Waals surface area contributed by atoms with E-state index in [4.69, 9.17) is 0 Å². The molecule has 0 atom stereocenters. The van der Waals surface area contributed by atoms with Crippen LogP contribution in [0.15, 0.2) is 158 Å². The second-order valence-corrected chi connectivity index (χ2v) is 12.3. The Morgan fingerprint density at radius 3 is 1.35 bits per heavy atom. The number of rotatable bonds is 2. The van der Waals surface area contributed by atoms with E-state index >= 15 is 0 Å². The zero-order chi connectivity index (χ0) is 28.3. The molecule has 1 aromatic heterocycles. The van der Waals surface area contributed by atoms with Crippen molar-refractivity contribution in [2.45, 2.75) is 0 Å². The molecule has 0 fully saturated rings. The molecule has 0 saturated carbocycles. The average molecular weight is 563 g/mol. The maximum atomic E-state index is 2.39. The summed E-state index contributed by atoms with van der Waals surface area (Å²) in [6.07, 6.45) is 0. The van der Waals surface area contributed by atoms with Crippen molar-refractivity contribution in [1.82, 2.24) is 0 Å². The normalized spacial score (nSPS) is 11.7. The monoisotopic (exact) mass is 562 g/mol. The summed E-state index contributed by atoms with van der Waals surface area (Å²) in [6.45, 7) is 0. The Labute approximate surface area is 255 Å². The SMILES string of the molecule is c1ccc2c(c1)-c1ccccc1-c1ccc(-c3ccc(-c4cccc5c4sc4ccccc45)cc3)cc1-c1ccccc1-2. The third-order valence-corrected chi connectivity index (χ3v) is 10.1. The molecule has 0 bridgehead atoms. The van der Waals surface area contributed by atoms with Crippen LogP contribution >= 0.6 is 11.3 Å². The molecule has 0 saturated heterocycles. The van der Waals surface area contributed by atoms with Gasteiger partial charge in [0.1, 0.15) is 0 Å². The molecular weight excluding hydrogens is 537 g/mol. The lowest BCUT2D eigenvalue weighted by Gasteiger charge is -2.23. The maximum Gasteiger partial charge on any atom is 0.0433 e. The summed E-state index contributed by atoms with van der Waals surface area (Å²) in [5.74, 6) is 0. The Kier molecular flexibility index (Phi) is 5.47. The Balaban J connectivity index is 1.19. The Morgan fingerprint density at radius 1 is 0.279 bits per heavy atom. The van der Waals surface area contributed by atoms with Gasteiger partial charge in [-0.15, -0.1) is 11.3 Å². The van der Waals surface area contributed by atoms with E-state index in [2.05, 4.69) is 158 Å². The Bertz CT molecular complexity index is 2330. The summed E-state index contributed by atoms with van der Waals surface area (Å²) >= 11 is 1.89. The number of hydrogen-bond donors (Lipinski definition) is 0. The quantitative estimate of drug-likeness (QED) is 0.197. The summed E-state index contributed by atoms with van der Waals surface area (Å²) in [5.41, 5.74) is 15.2. The minimum Gasteiger partial charge on any atom is -0.135 e. The van der Waals surface area contributed by atoms with Crippen molar-refractivity contribution in [3.05, 3.63) is 158 Å². The zero-order valence-corrected chi connectivity index (χ0v) is 24.2. The van der Waals surface area contributed by atoms with E-state index in [1.807, 2.05) is 11.3 Å². The highest BCUT2D eigenvalue weighted by Gasteiger charge is 2.21. The van der Waals surface area contributed by atoms with Gasteiger partial charge in [0.2, 0.25) is 0 Å². The highest BCUT2D eigenvalue weighted by atomic mass is 32.1. The van der Waals surface area contributed by atoms with E-state index < -0.39 is 0 Å².